The van der Waals surface area contributed by atoms with Gasteiger partial charge in [-0.1, -0.05) is 39.8 Å². The van der Waals surface area contributed by atoms with Crippen molar-refractivity contribution >= 4 is 29.1 Å². The summed E-state index contributed by atoms with van der Waals surface area (Å²) in [4.78, 5) is 43.1. The molecule has 198 valence electrons. The quantitative estimate of drug-likeness (QED) is 0.558. The van der Waals surface area contributed by atoms with Crippen molar-refractivity contribution in [3.8, 4) is 0 Å². The van der Waals surface area contributed by atoms with E-state index in [0.717, 1.165) is 56.6 Å². The Labute approximate surface area is 220 Å². The molecule has 4 rings (SSSR count). The van der Waals surface area contributed by atoms with E-state index in [2.05, 4.69) is 43.2 Å². The minimum absolute atomic E-state index is 0.0786. The third-order valence-corrected chi connectivity index (χ3v) is 7.33. The van der Waals surface area contributed by atoms with E-state index in [-0.39, 0.29) is 29.2 Å². The highest BCUT2D eigenvalue weighted by Gasteiger charge is 2.25. The van der Waals surface area contributed by atoms with Crippen LogP contribution >= 0.6 is 0 Å². The first-order valence-corrected chi connectivity index (χ1v) is 13.5. The van der Waals surface area contributed by atoms with Crippen LogP contribution in [0.2, 0.25) is 0 Å². The molecule has 0 saturated carbocycles. The zero-order chi connectivity index (χ0) is 26.6. The maximum Gasteiger partial charge on any atom is 0.255 e. The van der Waals surface area contributed by atoms with Crippen LogP contribution in [0.4, 0.5) is 11.4 Å². The van der Waals surface area contributed by atoms with Gasteiger partial charge in [-0.15, -0.1) is 0 Å². The maximum absolute atomic E-state index is 13.4. The van der Waals surface area contributed by atoms with Gasteiger partial charge in [0.05, 0.1) is 11.3 Å². The standard InChI is InChI=1S/C30H40N4O3/c1-5-15-33-17-13-23(14-18-33)31-29(37)25-12-11-22(30(2,3)4)20-26(25)32-28(36)21-8-6-9-24(19-21)34-16-7-10-27(34)35/h6,8-9,11-12,19-20,23H,5,7,10,13-18H2,1-4H3,(H,31,37)(H,32,36). The molecular formula is C30H40N4O3. The molecule has 2 aromatic carbocycles. The molecule has 7 heteroatoms. The normalized spacial score (nSPS) is 17.2. The first kappa shape index (κ1) is 26.9. The number of likely N-dealkylation sites (tertiary alicyclic amines) is 1. The lowest BCUT2D eigenvalue weighted by Gasteiger charge is -2.32. The number of anilines is 2. The van der Waals surface area contributed by atoms with Gasteiger partial charge in [-0.25, -0.2) is 0 Å². The minimum atomic E-state index is -0.304. The van der Waals surface area contributed by atoms with E-state index < -0.39 is 0 Å². The number of nitrogens with zero attached hydrogens (tertiary/aromatic N) is 2. The van der Waals surface area contributed by atoms with Gasteiger partial charge in [0.1, 0.15) is 0 Å². The lowest BCUT2D eigenvalue weighted by atomic mass is 9.86. The molecule has 2 heterocycles. The lowest BCUT2D eigenvalue weighted by Crippen LogP contribution is -2.44. The summed E-state index contributed by atoms with van der Waals surface area (Å²) in [5, 5.41) is 6.20. The van der Waals surface area contributed by atoms with Gasteiger partial charge in [0.25, 0.3) is 11.8 Å². The fourth-order valence-corrected chi connectivity index (χ4v) is 5.12. The molecule has 2 aromatic rings. The van der Waals surface area contributed by atoms with Gasteiger partial charge in [-0.2, -0.15) is 0 Å². The average molecular weight is 505 g/mol. The Kier molecular flexibility index (Phi) is 8.32. The monoisotopic (exact) mass is 504 g/mol. The van der Waals surface area contributed by atoms with Gasteiger partial charge in [0.15, 0.2) is 0 Å². The molecule has 0 unspecified atom stereocenters. The molecule has 0 radical (unpaired) electrons. The van der Waals surface area contributed by atoms with Gasteiger partial charge in [0.2, 0.25) is 5.91 Å². The van der Waals surface area contributed by atoms with Crippen LogP contribution in [-0.4, -0.2) is 54.8 Å². The molecule has 0 atom stereocenters. The molecular weight excluding hydrogens is 464 g/mol. The number of carbonyl (C=O) groups excluding carboxylic acids is 3. The summed E-state index contributed by atoms with van der Waals surface area (Å²) in [5.41, 5.74) is 3.03. The Balaban J connectivity index is 1.54. The second-order valence-electron chi connectivity index (χ2n) is 11.3. The van der Waals surface area contributed by atoms with Gasteiger partial charge in [-0.3, -0.25) is 14.4 Å². The van der Waals surface area contributed by atoms with E-state index in [1.54, 1.807) is 23.1 Å². The maximum atomic E-state index is 13.4. The molecule has 0 bridgehead atoms. The largest absolute Gasteiger partial charge is 0.349 e. The second kappa shape index (κ2) is 11.5. The van der Waals surface area contributed by atoms with Crippen LogP contribution in [0.5, 0.6) is 0 Å². The summed E-state index contributed by atoms with van der Waals surface area (Å²) in [6.07, 6.45) is 4.35. The fraction of sp³-hybridized carbons (Fsp3) is 0.500. The Bertz CT molecular complexity index is 1150. The number of hydrogen-bond acceptors (Lipinski definition) is 4. The summed E-state index contributed by atoms with van der Waals surface area (Å²) in [6, 6.07) is 12.9. The number of carbonyl (C=O) groups is 3. The van der Waals surface area contributed by atoms with Crippen LogP contribution in [0.3, 0.4) is 0 Å². The fourth-order valence-electron chi connectivity index (χ4n) is 5.12. The molecule has 0 aliphatic carbocycles. The van der Waals surface area contributed by atoms with E-state index >= 15 is 0 Å². The Morgan fingerprint density at radius 2 is 1.76 bits per heavy atom. The van der Waals surface area contributed by atoms with Crippen LogP contribution < -0.4 is 15.5 Å². The van der Waals surface area contributed by atoms with E-state index in [0.29, 0.717) is 29.8 Å². The van der Waals surface area contributed by atoms with E-state index in [1.165, 1.54) is 0 Å². The highest BCUT2D eigenvalue weighted by atomic mass is 16.2. The van der Waals surface area contributed by atoms with E-state index in [1.807, 2.05) is 24.3 Å². The summed E-state index contributed by atoms with van der Waals surface area (Å²) in [6.45, 7) is 12.2. The number of nitrogens with one attached hydrogen (secondary N) is 2. The second-order valence-corrected chi connectivity index (χ2v) is 11.3. The molecule has 7 nitrogen and oxygen atoms in total. The lowest BCUT2D eigenvalue weighted by molar-refractivity contribution is -0.117. The SMILES string of the molecule is CCCN1CCC(NC(=O)c2ccc(C(C)(C)C)cc2NC(=O)c2cccc(N3CCCC3=O)c2)CC1. The molecule has 0 spiro atoms. The van der Waals surface area contributed by atoms with Crippen LogP contribution in [-0.2, 0) is 10.2 Å². The number of rotatable bonds is 7. The van der Waals surface area contributed by atoms with Crippen molar-refractivity contribution in [2.24, 2.45) is 0 Å². The Morgan fingerprint density at radius 1 is 1.00 bits per heavy atom. The predicted octanol–water partition coefficient (Wildman–Crippen LogP) is 4.97. The van der Waals surface area contributed by atoms with Crippen LogP contribution in [0.15, 0.2) is 42.5 Å². The number of benzene rings is 2. The van der Waals surface area contributed by atoms with Gasteiger partial charge < -0.3 is 20.4 Å². The Hall–Kier alpha value is -3.19. The highest BCUT2D eigenvalue weighted by molar-refractivity contribution is 6.10. The molecule has 2 aliphatic rings. The predicted molar refractivity (Wildman–Crippen MR) is 148 cm³/mol. The summed E-state index contributed by atoms with van der Waals surface area (Å²) < 4.78 is 0. The number of piperidine rings is 1. The molecule has 3 amide bonds. The first-order chi connectivity index (χ1) is 17.7. The molecule has 0 aromatic heterocycles. The first-order valence-electron chi connectivity index (χ1n) is 13.5. The molecule has 2 aliphatic heterocycles. The van der Waals surface area contributed by atoms with Crippen LogP contribution in [0.1, 0.15) is 86.1 Å². The third-order valence-electron chi connectivity index (χ3n) is 7.33. The smallest absolute Gasteiger partial charge is 0.255 e. The molecule has 2 saturated heterocycles. The van der Waals surface area contributed by atoms with E-state index in [9.17, 15) is 14.4 Å². The third kappa shape index (κ3) is 6.58. The summed E-state index contributed by atoms with van der Waals surface area (Å²) in [5.74, 6) is -0.391. The Morgan fingerprint density at radius 3 is 2.41 bits per heavy atom. The van der Waals surface area contributed by atoms with Crippen LogP contribution in [0, 0.1) is 0 Å². The zero-order valence-electron chi connectivity index (χ0n) is 22.6. The molecule has 37 heavy (non-hydrogen) atoms. The topological polar surface area (TPSA) is 81.8 Å². The zero-order valence-corrected chi connectivity index (χ0v) is 22.6. The van der Waals surface area contributed by atoms with Crippen molar-refractivity contribution in [1.29, 1.82) is 0 Å². The van der Waals surface area contributed by atoms with Crippen molar-refractivity contribution in [3.05, 3.63) is 59.2 Å². The van der Waals surface area contributed by atoms with E-state index in [4.69, 9.17) is 0 Å². The van der Waals surface area contributed by atoms with Crippen molar-refractivity contribution in [2.75, 3.05) is 36.4 Å². The number of hydrogen-bond donors (Lipinski definition) is 2. The van der Waals surface area contributed by atoms with Gasteiger partial charge in [-0.05, 0) is 73.5 Å². The van der Waals surface area contributed by atoms with Crippen LogP contribution in [0.25, 0.3) is 0 Å². The number of amides is 3. The average Bonchev–Trinajstić information content (AvgIpc) is 3.30. The summed E-state index contributed by atoms with van der Waals surface area (Å²) >= 11 is 0. The summed E-state index contributed by atoms with van der Waals surface area (Å²) in [7, 11) is 0. The highest BCUT2D eigenvalue weighted by Crippen LogP contribution is 2.29. The van der Waals surface area contributed by atoms with Crippen molar-refractivity contribution in [2.45, 2.75) is 71.3 Å². The molecule has 2 fully saturated rings. The van der Waals surface area contributed by atoms with Crippen molar-refractivity contribution < 1.29 is 14.4 Å². The molecule has 2 N–H and O–H groups in total. The van der Waals surface area contributed by atoms with Crippen molar-refractivity contribution in [1.82, 2.24) is 10.2 Å². The van der Waals surface area contributed by atoms with Crippen molar-refractivity contribution in [3.63, 3.8) is 0 Å². The van der Waals surface area contributed by atoms with Gasteiger partial charge >= 0.3 is 0 Å². The minimum Gasteiger partial charge on any atom is -0.349 e. The van der Waals surface area contributed by atoms with Gasteiger partial charge in [0, 0.05) is 43.3 Å².